The quantitative estimate of drug-likeness (QED) is 0.801. The standard InChI is InChI=1S/C14H26N2O/c1-11-9-16(10-12(11)2)13(17)8-14(15)6-4-3-5-7-14/h11-12H,3-10,15H2,1-2H3. The lowest BCUT2D eigenvalue weighted by molar-refractivity contribution is -0.132. The second kappa shape index (κ2) is 4.97. The van der Waals surface area contributed by atoms with E-state index in [1.54, 1.807) is 0 Å². The van der Waals surface area contributed by atoms with Crippen molar-refractivity contribution in [3.05, 3.63) is 0 Å². The van der Waals surface area contributed by atoms with Crippen molar-refractivity contribution in [3.63, 3.8) is 0 Å². The number of amides is 1. The van der Waals surface area contributed by atoms with E-state index in [2.05, 4.69) is 13.8 Å². The van der Waals surface area contributed by atoms with E-state index in [-0.39, 0.29) is 11.4 Å². The Morgan fingerprint density at radius 3 is 2.24 bits per heavy atom. The average molecular weight is 238 g/mol. The average Bonchev–Trinajstić information content (AvgIpc) is 2.60. The summed E-state index contributed by atoms with van der Waals surface area (Å²) in [5, 5.41) is 0. The number of likely N-dealkylation sites (tertiary alicyclic amines) is 1. The topological polar surface area (TPSA) is 46.3 Å². The minimum atomic E-state index is -0.204. The zero-order valence-corrected chi connectivity index (χ0v) is 11.2. The monoisotopic (exact) mass is 238 g/mol. The first kappa shape index (κ1) is 12.9. The van der Waals surface area contributed by atoms with Gasteiger partial charge in [-0.2, -0.15) is 0 Å². The van der Waals surface area contributed by atoms with Gasteiger partial charge in [0.05, 0.1) is 0 Å². The third-order valence-electron chi connectivity index (χ3n) is 4.69. The number of carbonyl (C=O) groups excluding carboxylic acids is 1. The molecule has 2 fully saturated rings. The number of nitrogens with two attached hydrogens (primary N) is 1. The molecule has 2 atom stereocenters. The predicted molar refractivity (Wildman–Crippen MR) is 69.5 cm³/mol. The highest BCUT2D eigenvalue weighted by Crippen LogP contribution is 2.30. The molecular weight excluding hydrogens is 212 g/mol. The van der Waals surface area contributed by atoms with Crippen LogP contribution in [0.15, 0.2) is 0 Å². The van der Waals surface area contributed by atoms with E-state index >= 15 is 0 Å². The molecule has 0 spiro atoms. The maximum Gasteiger partial charge on any atom is 0.224 e. The first-order valence-corrected chi connectivity index (χ1v) is 7.07. The maximum absolute atomic E-state index is 12.3. The molecule has 0 aromatic heterocycles. The minimum absolute atomic E-state index is 0.204. The molecule has 0 aromatic rings. The van der Waals surface area contributed by atoms with Crippen molar-refractivity contribution in [3.8, 4) is 0 Å². The second-order valence-electron chi connectivity index (χ2n) is 6.35. The van der Waals surface area contributed by atoms with Crippen molar-refractivity contribution in [2.45, 2.75) is 57.9 Å². The maximum atomic E-state index is 12.3. The SMILES string of the molecule is CC1CN(C(=O)CC2(N)CCCCC2)CC1C. The van der Waals surface area contributed by atoms with Crippen molar-refractivity contribution >= 4 is 5.91 Å². The van der Waals surface area contributed by atoms with Gasteiger partial charge in [0.2, 0.25) is 5.91 Å². The van der Waals surface area contributed by atoms with Crippen LogP contribution in [0.1, 0.15) is 52.4 Å². The van der Waals surface area contributed by atoms with Crippen LogP contribution in [0.5, 0.6) is 0 Å². The minimum Gasteiger partial charge on any atom is -0.342 e. The van der Waals surface area contributed by atoms with E-state index < -0.39 is 0 Å². The van der Waals surface area contributed by atoms with E-state index in [9.17, 15) is 4.79 Å². The lowest BCUT2D eigenvalue weighted by Crippen LogP contribution is -2.46. The molecule has 1 heterocycles. The molecular formula is C14H26N2O. The molecule has 3 heteroatoms. The fourth-order valence-corrected chi connectivity index (χ4v) is 3.18. The van der Waals surface area contributed by atoms with E-state index in [4.69, 9.17) is 5.73 Å². The van der Waals surface area contributed by atoms with Crippen LogP contribution in [0.2, 0.25) is 0 Å². The van der Waals surface area contributed by atoms with E-state index in [1.165, 1.54) is 19.3 Å². The largest absolute Gasteiger partial charge is 0.342 e. The van der Waals surface area contributed by atoms with E-state index in [0.29, 0.717) is 18.3 Å². The van der Waals surface area contributed by atoms with Gasteiger partial charge in [-0.1, -0.05) is 33.1 Å². The third kappa shape index (κ3) is 3.01. The van der Waals surface area contributed by atoms with Crippen LogP contribution in [0.4, 0.5) is 0 Å². The van der Waals surface area contributed by atoms with Crippen LogP contribution < -0.4 is 5.73 Å². The van der Waals surface area contributed by atoms with Gasteiger partial charge in [0, 0.05) is 25.0 Å². The molecule has 2 unspecified atom stereocenters. The molecule has 98 valence electrons. The molecule has 1 amide bonds. The summed E-state index contributed by atoms with van der Waals surface area (Å²) in [5.74, 6) is 1.56. The van der Waals surface area contributed by atoms with Crippen molar-refractivity contribution in [2.75, 3.05) is 13.1 Å². The number of rotatable bonds is 2. The van der Waals surface area contributed by atoms with Crippen molar-refractivity contribution in [2.24, 2.45) is 17.6 Å². The Morgan fingerprint density at radius 1 is 1.18 bits per heavy atom. The van der Waals surface area contributed by atoms with Gasteiger partial charge in [-0.25, -0.2) is 0 Å². The molecule has 1 aliphatic carbocycles. The highest BCUT2D eigenvalue weighted by molar-refractivity contribution is 5.77. The summed E-state index contributed by atoms with van der Waals surface area (Å²) in [6.07, 6.45) is 6.28. The normalized spacial score (nSPS) is 32.8. The molecule has 0 radical (unpaired) electrons. The number of hydrogen-bond donors (Lipinski definition) is 1. The summed E-state index contributed by atoms with van der Waals surface area (Å²) in [5.41, 5.74) is 6.15. The van der Waals surface area contributed by atoms with Gasteiger partial charge in [0.15, 0.2) is 0 Å². The predicted octanol–water partition coefficient (Wildman–Crippen LogP) is 2.15. The van der Waals surface area contributed by atoms with E-state index in [0.717, 1.165) is 25.9 Å². The first-order valence-electron chi connectivity index (χ1n) is 7.07. The Morgan fingerprint density at radius 2 is 1.71 bits per heavy atom. The molecule has 1 aliphatic heterocycles. The summed E-state index contributed by atoms with van der Waals surface area (Å²) in [6.45, 7) is 6.32. The zero-order chi connectivity index (χ0) is 12.5. The van der Waals surface area contributed by atoms with Crippen molar-refractivity contribution in [1.82, 2.24) is 4.90 Å². The Hall–Kier alpha value is -0.570. The molecule has 0 bridgehead atoms. The fraction of sp³-hybridized carbons (Fsp3) is 0.929. The third-order valence-corrected chi connectivity index (χ3v) is 4.69. The van der Waals surface area contributed by atoms with Crippen LogP contribution in [0.3, 0.4) is 0 Å². The molecule has 2 N–H and O–H groups in total. The first-order chi connectivity index (χ1) is 8.00. The van der Waals surface area contributed by atoms with Crippen LogP contribution in [0, 0.1) is 11.8 Å². The summed E-state index contributed by atoms with van der Waals surface area (Å²) >= 11 is 0. The van der Waals surface area contributed by atoms with Crippen LogP contribution >= 0.6 is 0 Å². The van der Waals surface area contributed by atoms with Crippen molar-refractivity contribution < 1.29 is 4.79 Å². The van der Waals surface area contributed by atoms with Gasteiger partial charge in [-0.05, 0) is 24.7 Å². The Labute approximate surface area is 105 Å². The molecule has 0 aromatic carbocycles. The Balaban J connectivity index is 1.88. The Kier molecular flexibility index (Phi) is 3.76. The highest BCUT2D eigenvalue weighted by atomic mass is 16.2. The number of carbonyl (C=O) groups is 1. The van der Waals surface area contributed by atoms with Crippen LogP contribution in [-0.2, 0) is 4.79 Å². The molecule has 2 aliphatic rings. The van der Waals surface area contributed by atoms with E-state index in [1.807, 2.05) is 4.90 Å². The lowest BCUT2D eigenvalue weighted by Gasteiger charge is -2.34. The van der Waals surface area contributed by atoms with Gasteiger partial charge in [0.1, 0.15) is 0 Å². The zero-order valence-electron chi connectivity index (χ0n) is 11.2. The number of nitrogens with zero attached hydrogens (tertiary/aromatic N) is 1. The van der Waals surface area contributed by atoms with Gasteiger partial charge < -0.3 is 10.6 Å². The molecule has 2 rings (SSSR count). The van der Waals surface area contributed by atoms with Gasteiger partial charge in [-0.3, -0.25) is 4.79 Å². The smallest absolute Gasteiger partial charge is 0.224 e. The van der Waals surface area contributed by atoms with Crippen LogP contribution in [-0.4, -0.2) is 29.4 Å². The molecule has 17 heavy (non-hydrogen) atoms. The summed E-state index contributed by atoms with van der Waals surface area (Å²) < 4.78 is 0. The van der Waals surface area contributed by atoms with Crippen LogP contribution in [0.25, 0.3) is 0 Å². The highest BCUT2D eigenvalue weighted by Gasteiger charge is 2.35. The van der Waals surface area contributed by atoms with Gasteiger partial charge in [-0.15, -0.1) is 0 Å². The molecule has 1 saturated carbocycles. The van der Waals surface area contributed by atoms with Crippen molar-refractivity contribution in [1.29, 1.82) is 0 Å². The Bertz CT molecular complexity index is 274. The summed E-state index contributed by atoms with van der Waals surface area (Å²) in [7, 11) is 0. The number of hydrogen-bond acceptors (Lipinski definition) is 2. The molecule has 1 saturated heterocycles. The molecule has 3 nitrogen and oxygen atoms in total. The second-order valence-corrected chi connectivity index (χ2v) is 6.35. The summed E-state index contributed by atoms with van der Waals surface area (Å²) in [4.78, 5) is 14.3. The van der Waals surface area contributed by atoms with Gasteiger partial charge in [0.25, 0.3) is 0 Å². The summed E-state index contributed by atoms with van der Waals surface area (Å²) in [6, 6.07) is 0. The lowest BCUT2D eigenvalue weighted by atomic mass is 9.80. The van der Waals surface area contributed by atoms with Gasteiger partial charge >= 0.3 is 0 Å². The fourth-order valence-electron chi connectivity index (χ4n) is 3.18.